The Morgan fingerprint density at radius 1 is 0.744 bits per heavy atom. The van der Waals surface area contributed by atoms with Crippen LogP contribution in [-0.4, -0.2) is 39.0 Å². The maximum Gasteiger partial charge on any atom is 0.308 e. The van der Waals surface area contributed by atoms with Crippen LogP contribution in [0, 0.1) is 0 Å². The molecule has 200 valence electrons. The molecule has 0 atom stereocenters. The maximum absolute atomic E-state index is 14.2. The summed E-state index contributed by atoms with van der Waals surface area (Å²) in [5.41, 5.74) is 4.36. The van der Waals surface area contributed by atoms with Crippen LogP contribution in [-0.2, 0) is 17.8 Å². The quantitative estimate of drug-likeness (QED) is 0.299. The molecule has 0 unspecified atom stereocenters. The van der Waals surface area contributed by atoms with Crippen LogP contribution in [0.5, 0.6) is 28.7 Å². The number of esters is 1. The first-order chi connectivity index (χ1) is 18.9. The van der Waals surface area contributed by atoms with E-state index in [1.165, 1.54) is 6.92 Å². The van der Waals surface area contributed by atoms with E-state index in [1.54, 1.807) is 39.1 Å². The summed E-state index contributed by atoms with van der Waals surface area (Å²) in [6.07, 6.45) is 0.606. The lowest BCUT2D eigenvalue weighted by Crippen LogP contribution is -2.29. The lowest BCUT2D eigenvalue weighted by atomic mass is 9.88. The molecule has 39 heavy (non-hydrogen) atoms. The largest absolute Gasteiger partial charge is 0.493 e. The monoisotopic (exact) mass is 527 g/mol. The molecule has 5 rings (SSSR count). The van der Waals surface area contributed by atoms with Crippen molar-refractivity contribution in [2.45, 2.75) is 19.9 Å². The van der Waals surface area contributed by atoms with Crippen molar-refractivity contribution in [3.05, 3.63) is 76.6 Å². The summed E-state index contributed by atoms with van der Waals surface area (Å²) in [4.78, 5) is 26.7. The fraction of sp³-hybridized carbons (Fsp3) is 0.226. The molecule has 0 saturated heterocycles. The molecule has 8 heteroatoms. The molecule has 0 aliphatic carbocycles. The highest BCUT2D eigenvalue weighted by atomic mass is 16.5. The van der Waals surface area contributed by atoms with Crippen molar-refractivity contribution in [1.82, 2.24) is 4.57 Å². The number of nitrogens with zero attached hydrogens (tertiary/aromatic N) is 1. The summed E-state index contributed by atoms with van der Waals surface area (Å²) < 4.78 is 29.9. The minimum Gasteiger partial charge on any atom is -0.493 e. The highest BCUT2D eigenvalue weighted by Crippen LogP contribution is 2.49. The van der Waals surface area contributed by atoms with Crippen LogP contribution in [0.15, 0.2) is 65.5 Å². The smallest absolute Gasteiger partial charge is 0.308 e. The van der Waals surface area contributed by atoms with E-state index in [1.807, 2.05) is 54.6 Å². The Morgan fingerprint density at radius 3 is 2.03 bits per heavy atom. The topological polar surface area (TPSA) is 85.2 Å². The number of carbonyl (C=O) groups is 1. The average molecular weight is 528 g/mol. The van der Waals surface area contributed by atoms with Gasteiger partial charge in [-0.15, -0.1) is 0 Å². The van der Waals surface area contributed by atoms with E-state index < -0.39 is 5.97 Å². The number of carbonyl (C=O) groups excluding carboxylic acids is 1. The first-order valence-electron chi connectivity index (χ1n) is 12.4. The van der Waals surface area contributed by atoms with Gasteiger partial charge in [0.2, 0.25) is 0 Å². The highest BCUT2D eigenvalue weighted by Gasteiger charge is 2.31. The van der Waals surface area contributed by atoms with Crippen LogP contribution in [0.3, 0.4) is 0 Å². The summed E-state index contributed by atoms with van der Waals surface area (Å²) in [5, 5.41) is 0. The summed E-state index contributed by atoms with van der Waals surface area (Å²) in [7, 11) is 6.28. The summed E-state index contributed by atoms with van der Waals surface area (Å²) >= 11 is 0. The minimum absolute atomic E-state index is 0.180. The van der Waals surface area contributed by atoms with Gasteiger partial charge in [-0.2, -0.15) is 0 Å². The van der Waals surface area contributed by atoms with E-state index in [9.17, 15) is 9.59 Å². The lowest BCUT2D eigenvalue weighted by Gasteiger charge is -2.28. The van der Waals surface area contributed by atoms with Crippen LogP contribution in [0.25, 0.3) is 33.5 Å². The zero-order valence-electron chi connectivity index (χ0n) is 22.5. The van der Waals surface area contributed by atoms with Gasteiger partial charge in [-0.05, 0) is 47.4 Å². The maximum atomic E-state index is 14.2. The molecule has 0 fully saturated rings. The fourth-order valence-electron chi connectivity index (χ4n) is 5.14. The first-order valence-corrected chi connectivity index (χ1v) is 12.4. The number of aryl methyl sites for hydroxylation is 1. The Kier molecular flexibility index (Phi) is 7.02. The molecule has 1 aromatic heterocycles. The van der Waals surface area contributed by atoms with Crippen molar-refractivity contribution >= 4 is 5.97 Å². The molecule has 0 saturated carbocycles. The van der Waals surface area contributed by atoms with Gasteiger partial charge in [0.1, 0.15) is 0 Å². The Labute approximate surface area is 226 Å². The third kappa shape index (κ3) is 4.48. The third-order valence-corrected chi connectivity index (χ3v) is 6.87. The van der Waals surface area contributed by atoms with Crippen molar-refractivity contribution in [1.29, 1.82) is 0 Å². The van der Waals surface area contributed by atoms with Crippen molar-refractivity contribution < 1.29 is 28.5 Å². The zero-order chi connectivity index (χ0) is 27.7. The van der Waals surface area contributed by atoms with Gasteiger partial charge >= 0.3 is 5.97 Å². The highest BCUT2D eigenvalue weighted by molar-refractivity contribution is 5.95. The molecule has 0 spiro atoms. The molecular weight excluding hydrogens is 498 g/mol. The number of benzene rings is 3. The SMILES string of the molecule is COc1ccc(-c2c(OC(C)=O)c(-c3ccccc3)c(=O)n3c2-c2cc(OC)c(OC)cc2CC3)cc1OC. The van der Waals surface area contributed by atoms with Gasteiger partial charge in [0.15, 0.2) is 28.7 Å². The molecule has 0 bridgehead atoms. The Bertz CT molecular complexity index is 1620. The second-order valence-electron chi connectivity index (χ2n) is 9.03. The van der Waals surface area contributed by atoms with Crippen LogP contribution in [0.4, 0.5) is 0 Å². The molecule has 0 N–H and O–H groups in total. The number of fused-ring (bicyclic) bond motifs is 3. The van der Waals surface area contributed by atoms with Crippen LogP contribution in [0.2, 0.25) is 0 Å². The number of hydrogen-bond donors (Lipinski definition) is 0. The van der Waals surface area contributed by atoms with E-state index in [4.69, 9.17) is 23.7 Å². The summed E-state index contributed by atoms with van der Waals surface area (Å²) in [5.74, 6) is 1.81. The lowest BCUT2D eigenvalue weighted by molar-refractivity contribution is -0.131. The van der Waals surface area contributed by atoms with Crippen LogP contribution < -0.4 is 29.2 Å². The molecule has 3 aromatic carbocycles. The zero-order valence-corrected chi connectivity index (χ0v) is 22.5. The molecule has 1 aliphatic rings. The molecular formula is C31H29NO7. The van der Waals surface area contributed by atoms with Crippen molar-refractivity contribution in [2.24, 2.45) is 0 Å². The molecule has 8 nitrogen and oxygen atoms in total. The van der Waals surface area contributed by atoms with Gasteiger partial charge in [0, 0.05) is 24.6 Å². The fourth-order valence-corrected chi connectivity index (χ4v) is 5.14. The Morgan fingerprint density at radius 2 is 1.38 bits per heavy atom. The summed E-state index contributed by atoms with van der Waals surface area (Å²) in [6, 6.07) is 18.5. The number of hydrogen-bond acceptors (Lipinski definition) is 7. The van der Waals surface area contributed by atoms with Crippen LogP contribution >= 0.6 is 0 Å². The second kappa shape index (κ2) is 10.6. The van der Waals surface area contributed by atoms with Gasteiger partial charge in [-0.25, -0.2) is 0 Å². The van der Waals surface area contributed by atoms with Gasteiger partial charge in [-0.1, -0.05) is 36.4 Å². The first kappa shape index (κ1) is 25.9. The van der Waals surface area contributed by atoms with E-state index in [0.717, 1.165) is 11.1 Å². The standard InChI is InChI=1S/C31H29NO7/c1-18(33)39-30-27(21-11-12-23(35-2)24(16-21)36-3)29-22-17-26(38-5)25(37-4)15-20(22)13-14-32(29)31(34)28(30)19-9-7-6-8-10-19/h6-12,15-17H,13-14H2,1-5H3. The number of aromatic nitrogens is 1. The van der Waals surface area contributed by atoms with Crippen molar-refractivity contribution in [3.63, 3.8) is 0 Å². The second-order valence-corrected chi connectivity index (χ2v) is 9.03. The number of pyridine rings is 1. The van der Waals surface area contributed by atoms with Gasteiger partial charge < -0.3 is 28.3 Å². The van der Waals surface area contributed by atoms with Gasteiger partial charge in [-0.3, -0.25) is 9.59 Å². The molecule has 0 radical (unpaired) electrons. The molecule has 4 aromatic rings. The molecule has 1 aliphatic heterocycles. The average Bonchev–Trinajstić information content (AvgIpc) is 2.96. The predicted molar refractivity (Wildman–Crippen MR) is 148 cm³/mol. The van der Waals surface area contributed by atoms with Crippen LogP contribution in [0.1, 0.15) is 12.5 Å². The van der Waals surface area contributed by atoms with Crippen molar-refractivity contribution in [2.75, 3.05) is 28.4 Å². The summed E-state index contributed by atoms with van der Waals surface area (Å²) in [6.45, 7) is 1.75. The Hall–Kier alpha value is -4.72. The van der Waals surface area contributed by atoms with Gasteiger partial charge in [0.25, 0.3) is 5.56 Å². The third-order valence-electron chi connectivity index (χ3n) is 6.87. The molecule has 2 heterocycles. The number of methoxy groups -OCH3 is 4. The predicted octanol–water partition coefficient (Wildman–Crippen LogP) is 5.37. The molecule has 0 amide bonds. The Balaban J connectivity index is 1.97. The minimum atomic E-state index is -0.540. The van der Waals surface area contributed by atoms with E-state index in [2.05, 4.69) is 0 Å². The van der Waals surface area contributed by atoms with E-state index in [0.29, 0.717) is 63.9 Å². The van der Waals surface area contributed by atoms with Crippen molar-refractivity contribution in [3.8, 4) is 62.3 Å². The van der Waals surface area contributed by atoms with E-state index >= 15 is 0 Å². The normalized spacial score (nSPS) is 11.7. The van der Waals surface area contributed by atoms with E-state index in [-0.39, 0.29) is 11.3 Å². The number of rotatable bonds is 7. The van der Waals surface area contributed by atoms with Gasteiger partial charge in [0.05, 0.1) is 39.7 Å². The number of ether oxygens (including phenoxy) is 5.